The largest absolute Gasteiger partial charge is 0.497 e. The molecular weight excluding hydrogens is 226 g/mol. The Labute approximate surface area is 107 Å². The molecule has 2 N–H and O–H groups in total. The van der Waals surface area contributed by atoms with E-state index in [9.17, 15) is 5.11 Å². The van der Waals surface area contributed by atoms with Gasteiger partial charge in [0.15, 0.2) is 0 Å². The molecule has 0 heterocycles. The molecule has 3 heteroatoms. The van der Waals surface area contributed by atoms with E-state index in [1.807, 2.05) is 55.6 Å². The number of aliphatic hydroxyl groups excluding tert-OH is 1. The van der Waals surface area contributed by atoms with Crippen molar-refractivity contribution in [1.82, 2.24) is 0 Å². The normalized spacial score (nSPS) is 11.9. The van der Waals surface area contributed by atoms with Crippen molar-refractivity contribution in [2.24, 2.45) is 0 Å². The SMILES string of the molecule is CNc1ccccc1C(O)c1ccc(OC)cc1. The molecule has 2 rings (SSSR count). The minimum absolute atomic E-state index is 0.639. The van der Waals surface area contributed by atoms with Crippen LogP contribution in [0.4, 0.5) is 5.69 Å². The molecule has 0 aliphatic heterocycles. The predicted octanol–water partition coefficient (Wildman–Crippen LogP) is 2.82. The molecule has 1 unspecified atom stereocenters. The highest BCUT2D eigenvalue weighted by Crippen LogP contribution is 2.28. The topological polar surface area (TPSA) is 41.5 Å². The highest BCUT2D eigenvalue weighted by Gasteiger charge is 2.13. The zero-order chi connectivity index (χ0) is 13.0. The number of benzene rings is 2. The van der Waals surface area contributed by atoms with Crippen molar-refractivity contribution < 1.29 is 9.84 Å². The summed E-state index contributed by atoms with van der Waals surface area (Å²) in [6.07, 6.45) is -0.639. The number of rotatable bonds is 4. The molecule has 0 spiro atoms. The average molecular weight is 243 g/mol. The van der Waals surface area contributed by atoms with Gasteiger partial charge in [-0.15, -0.1) is 0 Å². The molecule has 0 aromatic heterocycles. The van der Waals surface area contributed by atoms with Crippen molar-refractivity contribution in [3.8, 4) is 5.75 Å². The molecule has 94 valence electrons. The molecule has 0 bridgehead atoms. The number of anilines is 1. The maximum Gasteiger partial charge on any atom is 0.118 e. The Morgan fingerprint density at radius 1 is 1.06 bits per heavy atom. The standard InChI is InChI=1S/C15H17NO2/c1-16-14-6-4-3-5-13(14)15(17)11-7-9-12(18-2)10-8-11/h3-10,15-17H,1-2H3. The Morgan fingerprint density at radius 2 is 1.72 bits per heavy atom. The Morgan fingerprint density at radius 3 is 2.33 bits per heavy atom. The van der Waals surface area contributed by atoms with Gasteiger partial charge in [0, 0.05) is 18.3 Å². The van der Waals surface area contributed by atoms with Crippen LogP contribution in [-0.2, 0) is 0 Å². The summed E-state index contributed by atoms with van der Waals surface area (Å²) in [5.41, 5.74) is 2.64. The summed E-state index contributed by atoms with van der Waals surface area (Å²) < 4.78 is 5.11. The molecule has 0 fully saturated rings. The molecule has 0 saturated heterocycles. The first-order valence-corrected chi connectivity index (χ1v) is 5.85. The van der Waals surface area contributed by atoms with E-state index in [1.165, 1.54) is 0 Å². The number of hydrogen-bond acceptors (Lipinski definition) is 3. The van der Waals surface area contributed by atoms with Gasteiger partial charge in [-0.25, -0.2) is 0 Å². The highest BCUT2D eigenvalue weighted by atomic mass is 16.5. The van der Waals surface area contributed by atoms with Crippen LogP contribution in [0.5, 0.6) is 5.75 Å². The zero-order valence-electron chi connectivity index (χ0n) is 10.6. The quantitative estimate of drug-likeness (QED) is 0.867. The van der Waals surface area contributed by atoms with Gasteiger partial charge in [0.05, 0.1) is 7.11 Å². The first-order chi connectivity index (χ1) is 8.76. The first kappa shape index (κ1) is 12.5. The fraction of sp³-hybridized carbons (Fsp3) is 0.200. The molecule has 2 aromatic carbocycles. The second-order valence-corrected chi connectivity index (χ2v) is 4.01. The van der Waals surface area contributed by atoms with Crippen molar-refractivity contribution >= 4 is 5.69 Å². The summed E-state index contributed by atoms with van der Waals surface area (Å²) in [4.78, 5) is 0. The van der Waals surface area contributed by atoms with Gasteiger partial charge in [0.1, 0.15) is 11.9 Å². The van der Waals surface area contributed by atoms with Crippen LogP contribution in [0.3, 0.4) is 0 Å². The Hall–Kier alpha value is -2.00. The monoisotopic (exact) mass is 243 g/mol. The molecule has 0 amide bonds. The average Bonchev–Trinajstić information content (AvgIpc) is 2.46. The third-order valence-electron chi connectivity index (χ3n) is 2.96. The highest BCUT2D eigenvalue weighted by molar-refractivity contribution is 5.54. The van der Waals surface area contributed by atoms with Gasteiger partial charge in [-0.3, -0.25) is 0 Å². The number of hydrogen-bond donors (Lipinski definition) is 2. The summed E-state index contributed by atoms with van der Waals surface area (Å²) in [7, 11) is 3.47. The van der Waals surface area contributed by atoms with Gasteiger partial charge in [-0.1, -0.05) is 30.3 Å². The van der Waals surface area contributed by atoms with Crippen LogP contribution in [0.25, 0.3) is 0 Å². The molecule has 1 atom stereocenters. The third kappa shape index (κ3) is 2.46. The summed E-state index contributed by atoms with van der Waals surface area (Å²) in [6.45, 7) is 0. The van der Waals surface area contributed by atoms with Crippen LogP contribution in [-0.4, -0.2) is 19.3 Å². The maximum absolute atomic E-state index is 10.4. The van der Waals surface area contributed by atoms with Gasteiger partial charge in [-0.05, 0) is 23.8 Å². The van der Waals surface area contributed by atoms with Gasteiger partial charge in [-0.2, -0.15) is 0 Å². The third-order valence-corrected chi connectivity index (χ3v) is 2.96. The Kier molecular flexibility index (Phi) is 3.85. The van der Waals surface area contributed by atoms with Crippen LogP contribution >= 0.6 is 0 Å². The van der Waals surface area contributed by atoms with Crippen LogP contribution in [0, 0.1) is 0 Å². The summed E-state index contributed by atoms with van der Waals surface area (Å²) >= 11 is 0. The minimum atomic E-state index is -0.639. The fourth-order valence-corrected chi connectivity index (χ4v) is 1.93. The van der Waals surface area contributed by atoms with Crippen molar-refractivity contribution in [2.75, 3.05) is 19.5 Å². The molecule has 0 aliphatic rings. The molecule has 18 heavy (non-hydrogen) atoms. The molecule has 0 radical (unpaired) electrons. The fourth-order valence-electron chi connectivity index (χ4n) is 1.93. The second-order valence-electron chi connectivity index (χ2n) is 4.01. The molecule has 3 nitrogen and oxygen atoms in total. The van der Waals surface area contributed by atoms with Crippen LogP contribution < -0.4 is 10.1 Å². The predicted molar refractivity (Wildman–Crippen MR) is 73.0 cm³/mol. The van der Waals surface area contributed by atoms with Gasteiger partial charge >= 0.3 is 0 Å². The molecule has 0 saturated carbocycles. The number of methoxy groups -OCH3 is 1. The number of aliphatic hydroxyl groups is 1. The van der Waals surface area contributed by atoms with Crippen LogP contribution in [0.2, 0.25) is 0 Å². The Bertz CT molecular complexity index is 508. The van der Waals surface area contributed by atoms with Crippen LogP contribution in [0.1, 0.15) is 17.2 Å². The number of nitrogens with one attached hydrogen (secondary N) is 1. The summed E-state index contributed by atoms with van der Waals surface area (Å²) in [5.74, 6) is 0.785. The van der Waals surface area contributed by atoms with Crippen molar-refractivity contribution in [1.29, 1.82) is 0 Å². The van der Waals surface area contributed by atoms with Crippen LogP contribution in [0.15, 0.2) is 48.5 Å². The summed E-state index contributed by atoms with van der Waals surface area (Å²) in [5, 5.41) is 13.5. The van der Waals surface area contributed by atoms with Gasteiger partial charge < -0.3 is 15.2 Å². The second kappa shape index (κ2) is 5.56. The van der Waals surface area contributed by atoms with E-state index in [-0.39, 0.29) is 0 Å². The lowest BCUT2D eigenvalue weighted by Gasteiger charge is -2.16. The lowest BCUT2D eigenvalue weighted by molar-refractivity contribution is 0.221. The maximum atomic E-state index is 10.4. The Balaban J connectivity index is 2.31. The lowest BCUT2D eigenvalue weighted by atomic mass is 10.00. The molecular formula is C15H17NO2. The van der Waals surface area contributed by atoms with E-state index in [2.05, 4.69) is 5.32 Å². The lowest BCUT2D eigenvalue weighted by Crippen LogP contribution is -2.03. The number of ether oxygens (including phenoxy) is 1. The van der Waals surface area contributed by atoms with E-state index in [0.29, 0.717) is 0 Å². The molecule has 0 aliphatic carbocycles. The first-order valence-electron chi connectivity index (χ1n) is 5.85. The van der Waals surface area contributed by atoms with E-state index < -0.39 is 6.10 Å². The van der Waals surface area contributed by atoms with Crippen molar-refractivity contribution in [3.63, 3.8) is 0 Å². The molecule has 2 aromatic rings. The van der Waals surface area contributed by atoms with Crippen molar-refractivity contribution in [2.45, 2.75) is 6.10 Å². The van der Waals surface area contributed by atoms with Gasteiger partial charge in [0.2, 0.25) is 0 Å². The van der Waals surface area contributed by atoms with Gasteiger partial charge in [0.25, 0.3) is 0 Å². The van der Waals surface area contributed by atoms with Crippen molar-refractivity contribution in [3.05, 3.63) is 59.7 Å². The van der Waals surface area contributed by atoms with E-state index >= 15 is 0 Å². The van der Waals surface area contributed by atoms with E-state index in [1.54, 1.807) is 7.11 Å². The summed E-state index contributed by atoms with van der Waals surface area (Å²) in [6, 6.07) is 15.2. The minimum Gasteiger partial charge on any atom is -0.497 e. The smallest absolute Gasteiger partial charge is 0.118 e. The number of para-hydroxylation sites is 1. The zero-order valence-corrected chi connectivity index (χ0v) is 10.6. The van der Waals surface area contributed by atoms with E-state index in [4.69, 9.17) is 4.74 Å². The van der Waals surface area contributed by atoms with E-state index in [0.717, 1.165) is 22.6 Å².